The Balaban J connectivity index is 2.95. The van der Waals surface area contributed by atoms with Gasteiger partial charge in [-0.3, -0.25) is 0 Å². The summed E-state index contributed by atoms with van der Waals surface area (Å²) in [6, 6.07) is 6.42. The van der Waals surface area contributed by atoms with E-state index in [4.69, 9.17) is 10.2 Å². The van der Waals surface area contributed by atoms with Gasteiger partial charge in [-0.1, -0.05) is 0 Å². The molecule has 0 aliphatic heterocycles. The number of fused-ring (bicyclic) bond motifs is 1. The number of nitrogen functional groups attached to an aromatic ring is 1. The Bertz CT molecular complexity index is 518. The number of anilines is 1. The number of hydrogen-bond donors (Lipinski definition) is 1. The molecule has 1 aromatic heterocycles. The lowest BCUT2D eigenvalue weighted by molar-refractivity contribution is 0.561. The molecule has 2 rings (SSSR count). The van der Waals surface area contributed by atoms with E-state index >= 15 is 0 Å². The second-order valence-electron chi connectivity index (χ2n) is 2.64. The van der Waals surface area contributed by atoms with Gasteiger partial charge in [0.2, 0.25) is 0 Å². The normalized spacial score (nSPS) is 10.5. The first-order chi connectivity index (χ1) is 6.18. The standard InChI is InChI=1S/C9H6BrNO2/c10-9-5-1-4-8(12)13-7(5)3-2-6(9)11/h1-4H,11H2. The lowest BCUT2D eigenvalue weighted by Crippen LogP contribution is -1.95. The van der Waals surface area contributed by atoms with Crippen LogP contribution in [-0.4, -0.2) is 0 Å². The van der Waals surface area contributed by atoms with Crippen LogP contribution in [0.15, 0.2) is 37.9 Å². The fraction of sp³-hybridized carbons (Fsp3) is 0. The third-order valence-corrected chi connectivity index (χ3v) is 2.65. The molecule has 1 heterocycles. The van der Waals surface area contributed by atoms with Crippen LogP contribution in [-0.2, 0) is 0 Å². The molecule has 0 spiro atoms. The molecule has 0 radical (unpaired) electrons. The van der Waals surface area contributed by atoms with Gasteiger partial charge in [0.1, 0.15) is 5.58 Å². The van der Waals surface area contributed by atoms with Crippen LogP contribution in [0.5, 0.6) is 0 Å². The monoisotopic (exact) mass is 239 g/mol. The summed E-state index contributed by atoms with van der Waals surface area (Å²) in [5, 5.41) is 0.805. The highest BCUT2D eigenvalue weighted by Gasteiger charge is 2.03. The average Bonchev–Trinajstić information content (AvgIpc) is 2.12. The predicted octanol–water partition coefficient (Wildman–Crippen LogP) is 2.14. The molecule has 0 saturated carbocycles. The topological polar surface area (TPSA) is 56.2 Å². The maximum absolute atomic E-state index is 10.9. The average molecular weight is 240 g/mol. The molecule has 2 aromatic rings. The molecule has 4 heteroatoms. The van der Waals surface area contributed by atoms with E-state index in [9.17, 15) is 4.79 Å². The van der Waals surface area contributed by atoms with Crippen LogP contribution in [0.2, 0.25) is 0 Å². The van der Waals surface area contributed by atoms with E-state index < -0.39 is 0 Å². The van der Waals surface area contributed by atoms with Gasteiger partial charge in [0.15, 0.2) is 0 Å². The van der Waals surface area contributed by atoms with E-state index in [1.165, 1.54) is 6.07 Å². The fourth-order valence-corrected chi connectivity index (χ4v) is 1.59. The molecule has 0 aliphatic carbocycles. The Hall–Kier alpha value is -1.29. The summed E-state index contributed by atoms with van der Waals surface area (Å²) in [6.45, 7) is 0. The van der Waals surface area contributed by atoms with Gasteiger partial charge in [0.05, 0.1) is 4.47 Å². The van der Waals surface area contributed by atoms with Crippen molar-refractivity contribution in [2.24, 2.45) is 0 Å². The first-order valence-corrected chi connectivity index (χ1v) is 4.45. The minimum atomic E-state index is -0.357. The fourth-order valence-electron chi connectivity index (χ4n) is 1.13. The number of hydrogen-bond acceptors (Lipinski definition) is 3. The lowest BCUT2D eigenvalue weighted by atomic mass is 10.2. The molecule has 0 aliphatic rings. The van der Waals surface area contributed by atoms with E-state index in [1.54, 1.807) is 18.2 Å². The van der Waals surface area contributed by atoms with Gasteiger partial charge in [-0.05, 0) is 34.1 Å². The highest BCUT2D eigenvalue weighted by Crippen LogP contribution is 2.28. The lowest BCUT2D eigenvalue weighted by Gasteiger charge is -2.01. The summed E-state index contributed by atoms with van der Waals surface area (Å²) in [7, 11) is 0. The minimum Gasteiger partial charge on any atom is -0.423 e. The molecule has 2 N–H and O–H groups in total. The highest BCUT2D eigenvalue weighted by molar-refractivity contribution is 9.10. The molecular formula is C9H6BrNO2. The second-order valence-corrected chi connectivity index (χ2v) is 3.43. The Labute approximate surface area is 82.3 Å². The van der Waals surface area contributed by atoms with Crippen LogP contribution in [0, 0.1) is 0 Å². The number of rotatable bonds is 0. The van der Waals surface area contributed by atoms with Crippen LogP contribution in [0.1, 0.15) is 0 Å². The zero-order valence-electron chi connectivity index (χ0n) is 6.58. The molecule has 13 heavy (non-hydrogen) atoms. The molecule has 0 unspecified atom stereocenters. The third kappa shape index (κ3) is 1.33. The molecule has 0 fully saturated rings. The Morgan fingerprint density at radius 3 is 2.77 bits per heavy atom. The molecule has 66 valence electrons. The zero-order valence-corrected chi connectivity index (χ0v) is 8.17. The third-order valence-electron chi connectivity index (χ3n) is 1.77. The Morgan fingerprint density at radius 2 is 2.00 bits per heavy atom. The molecule has 3 nitrogen and oxygen atoms in total. The van der Waals surface area contributed by atoms with Gasteiger partial charge in [0.25, 0.3) is 0 Å². The highest BCUT2D eigenvalue weighted by atomic mass is 79.9. The number of nitrogens with two attached hydrogens (primary N) is 1. The minimum absolute atomic E-state index is 0.357. The maximum Gasteiger partial charge on any atom is 0.336 e. The van der Waals surface area contributed by atoms with Gasteiger partial charge >= 0.3 is 5.63 Å². The SMILES string of the molecule is Nc1ccc2oc(=O)ccc2c1Br. The van der Waals surface area contributed by atoms with Gasteiger partial charge in [-0.15, -0.1) is 0 Å². The maximum atomic E-state index is 10.9. The van der Waals surface area contributed by atoms with Crippen molar-refractivity contribution in [1.29, 1.82) is 0 Å². The van der Waals surface area contributed by atoms with E-state index in [0.29, 0.717) is 11.3 Å². The summed E-state index contributed by atoms with van der Waals surface area (Å²) in [5.74, 6) is 0. The van der Waals surface area contributed by atoms with Crippen molar-refractivity contribution in [3.63, 3.8) is 0 Å². The smallest absolute Gasteiger partial charge is 0.336 e. The van der Waals surface area contributed by atoms with Crippen LogP contribution < -0.4 is 11.4 Å². The summed E-state index contributed by atoms with van der Waals surface area (Å²) in [5.41, 5.74) is 6.46. The van der Waals surface area contributed by atoms with Crippen molar-refractivity contribution in [3.05, 3.63) is 39.2 Å². The van der Waals surface area contributed by atoms with Gasteiger partial charge in [-0.25, -0.2) is 4.79 Å². The van der Waals surface area contributed by atoms with Crippen molar-refractivity contribution >= 4 is 32.6 Å². The van der Waals surface area contributed by atoms with Crippen molar-refractivity contribution in [3.8, 4) is 0 Å². The predicted molar refractivity (Wildman–Crippen MR) is 54.6 cm³/mol. The molecular weight excluding hydrogens is 234 g/mol. The summed E-state index contributed by atoms with van der Waals surface area (Å²) >= 11 is 3.32. The zero-order chi connectivity index (χ0) is 9.42. The van der Waals surface area contributed by atoms with Crippen LogP contribution >= 0.6 is 15.9 Å². The van der Waals surface area contributed by atoms with Crippen molar-refractivity contribution in [1.82, 2.24) is 0 Å². The van der Waals surface area contributed by atoms with Crippen molar-refractivity contribution in [2.75, 3.05) is 5.73 Å². The van der Waals surface area contributed by atoms with Gasteiger partial charge < -0.3 is 10.2 Å². The molecule has 0 saturated heterocycles. The van der Waals surface area contributed by atoms with Crippen molar-refractivity contribution in [2.45, 2.75) is 0 Å². The Kier molecular flexibility index (Phi) is 1.84. The van der Waals surface area contributed by atoms with Crippen molar-refractivity contribution < 1.29 is 4.42 Å². The van der Waals surface area contributed by atoms with Crippen LogP contribution in [0.25, 0.3) is 11.0 Å². The van der Waals surface area contributed by atoms with Gasteiger partial charge in [0, 0.05) is 17.1 Å². The summed E-state index contributed by atoms with van der Waals surface area (Å²) in [6.07, 6.45) is 0. The molecule has 1 aromatic carbocycles. The largest absolute Gasteiger partial charge is 0.423 e. The molecule has 0 atom stereocenters. The van der Waals surface area contributed by atoms with Gasteiger partial charge in [-0.2, -0.15) is 0 Å². The van der Waals surface area contributed by atoms with E-state index in [0.717, 1.165) is 9.86 Å². The first-order valence-electron chi connectivity index (χ1n) is 3.66. The quantitative estimate of drug-likeness (QED) is 0.566. The summed E-state index contributed by atoms with van der Waals surface area (Å²) < 4.78 is 5.71. The van der Waals surface area contributed by atoms with Crippen LogP contribution in [0.3, 0.4) is 0 Å². The van der Waals surface area contributed by atoms with E-state index in [-0.39, 0.29) is 5.63 Å². The first kappa shape index (κ1) is 8.31. The number of halogens is 1. The Morgan fingerprint density at radius 1 is 1.23 bits per heavy atom. The number of benzene rings is 1. The van der Waals surface area contributed by atoms with E-state index in [2.05, 4.69) is 15.9 Å². The molecule has 0 bridgehead atoms. The summed E-state index contributed by atoms with van der Waals surface area (Å²) in [4.78, 5) is 10.9. The van der Waals surface area contributed by atoms with Crippen LogP contribution in [0.4, 0.5) is 5.69 Å². The second kappa shape index (κ2) is 2.88. The molecule has 0 amide bonds. The van der Waals surface area contributed by atoms with E-state index in [1.807, 2.05) is 0 Å².